The van der Waals surface area contributed by atoms with E-state index in [1.165, 1.54) is 11.1 Å². The van der Waals surface area contributed by atoms with Crippen molar-refractivity contribution >= 4 is 37.1 Å². The van der Waals surface area contributed by atoms with E-state index < -0.39 is 14.6 Å². The molecule has 0 fully saturated rings. The standard InChI is InChI=1S/C63H72Cl2O6P2/c1-58(2,3)40-22-34-19-36-24-44(62(13,14)15)32-50-51-33-45(63(16,17)18)25-37-20-35-23-41(59(4,5)6)29-47-49-31-43(61(10,11)12)27-39(55(49)69-73(65,67-53(35)47)71-57(37)51)21-38-26-42(60(7,8)9)30-48-46(28-40)52(34)66-72(64,68-54(38)48)70-56(36)50/h22-33H,19-21H2,1-18H3/q+2. The molecule has 0 atom stereocenters. The van der Waals surface area contributed by atoms with Crippen molar-refractivity contribution in [3.63, 3.8) is 0 Å². The number of fused-ring (bicyclic) bond motifs is 3. The monoisotopic (exact) mass is 1060 g/mol. The van der Waals surface area contributed by atoms with Crippen molar-refractivity contribution in [1.29, 1.82) is 0 Å². The molecule has 8 bridgehead atoms. The van der Waals surface area contributed by atoms with Crippen LogP contribution in [0.3, 0.4) is 0 Å². The lowest BCUT2D eigenvalue weighted by Crippen LogP contribution is -2.19. The lowest BCUT2D eigenvalue weighted by atomic mass is 9.79. The molecule has 0 saturated heterocycles. The zero-order valence-corrected chi connectivity index (χ0v) is 49.5. The van der Waals surface area contributed by atoms with E-state index in [4.69, 9.17) is 49.6 Å². The molecule has 0 radical (unpaired) electrons. The number of rotatable bonds is 0. The molecular formula is C63H72Cl2O6P2+2. The van der Waals surface area contributed by atoms with Gasteiger partial charge in [0.05, 0.1) is 0 Å². The van der Waals surface area contributed by atoms with E-state index in [1.54, 1.807) is 0 Å². The first-order valence-corrected chi connectivity index (χ1v) is 30.9. The van der Waals surface area contributed by atoms with Crippen molar-refractivity contribution in [2.24, 2.45) is 0 Å². The van der Waals surface area contributed by atoms with Crippen LogP contribution in [0.5, 0.6) is 34.5 Å². The van der Waals surface area contributed by atoms with E-state index >= 15 is 0 Å². The van der Waals surface area contributed by atoms with Crippen LogP contribution < -0.4 is 27.1 Å². The number of benzene rings is 6. The maximum atomic E-state index is 8.11. The van der Waals surface area contributed by atoms with Crippen molar-refractivity contribution < 1.29 is 27.1 Å². The molecule has 6 nitrogen and oxygen atoms in total. The van der Waals surface area contributed by atoms with Crippen LogP contribution in [0.15, 0.2) is 72.8 Å². The lowest BCUT2D eigenvalue weighted by Gasteiger charge is -2.29. The van der Waals surface area contributed by atoms with Crippen molar-refractivity contribution in [1.82, 2.24) is 0 Å². The molecule has 0 N–H and O–H groups in total. The first kappa shape index (κ1) is 50.7. The first-order chi connectivity index (χ1) is 33.6. The van der Waals surface area contributed by atoms with Gasteiger partial charge in [-0.2, -0.15) is 0 Å². The van der Waals surface area contributed by atoms with Crippen LogP contribution in [0.4, 0.5) is 0 Å². The Balaban J connectivity index is 1.38. The summed E-state index contributed by atoms with van der Waals surface area (Å²) in [5, 5.41) is 0. The largest absolute Gasteiger partial charge is 0.660 e. The average Bonchev–Trinajstić information content (AvgIpc) is 3.45. The molecule has 0 amide bonds. The van der Waals surface area contributed by atoms with Gasteiger partial charge >= 0.3 is 14.6 Å². The maximum absolute atomic E-state index is 8.11. The molecule has 73 heavy (non-hydrogen) atoms. The van der Waals surface area contributed by atoms with Gasteiger partial charge in [0.1, 0.15) is 0 Å². The summed E-state index contributed by atoms with van der Waals surface area (Å²) in [7, 11) is -7.75. The fourth-order valence-electron chi connectivity index (χ4n) is 10.7. The van der Waals surface area contributed by atoms with Crippen LogP contribution in [0, 0.1) is 0 Å². The molecule has 0 aromatic heterocycles. The van der Waals surface area contributed by atoms with Gasteiger partial charge in [-0.05, 0) is 102 Å². The van der Waals surface area contributed by atoms with Crippen LogP contribution in [0.2, 0.25) is 0 Å². The number of hydrogen-bond donors (Lipinski definition) is 0. The number of halogens is 2. The van der Waals surface area contributed by atoms with Gasteiger partial charge in [0.2, 0.25) is 22.5 Å². The minimum Gasteiger partial charge on any atom is -0.257 e. The van der Waals surface area contributed by atoms with Crippen molar-refractivity contribution in [2.75, 3.05) is 0 Å². The highest BCUT2D eigenvalue weighted by atomic mass is 35.7. The van der Waals surface area contributed by atoms with Gasteiger partial charge < -0.3 is 0 Å². The molecule has 5 heterocycles. The fourth-order valence-corrected chi connectivity index (χ4v) is 14.8. The minimum atomic E-state index is -3.87. The quantitative estimate of drug-likeness (QED) is 0.141. The van der Waals surface area contributed by atoms with Gasteiger partial charge in [0.25, 0.3) is 0 Å². The SMILES string of the molecule is CC(C)(C)c1cc2c3c(c1)-c1cc(C(C)(C)C)cc4c1O[P+](Cl)(O3)Oc1c(cc(C(C)(C)C)cc1-c1cc(C(C)(C)C)cc3c1O[P+]1(Cl)Oc5c(cc(C(C)(C)C)cc5-c5cc(C(C)(C)C)cc(c5O1)C4)C3)C2. The second-order valence-corrected chi connectivity index (χ2v) is 32.8. The second kappa shape index (κ2) is 16.0. The third-order valence-electron chi connectivity index (χ3n) is 15.4. The van der Waals surface area contributed by atoms with Crippen LogP contribution in [-0.2, 0) is 51.8 Å². The molecule has 6 aromatic rings. The lowest BCUT2D eigenvalue weighted by molar-refractivity contribution is 0.373. The van der Waals surface area contributed by atoms with E-state index in [0.29, 0.717) is 53.8 Å². The Morgan fingerprint density at radius 2 is 0.397 bits per heavy atom. The van der Waals surface area contributed by atoms with E-state index in [9.17, 15) is 0 Å². The van der Waals surface area contributed by atoms with Crippen LogP contribution in [-0.4, -0.2) is 0 Å². The summed E-state index contributed by atoms with van der Waals surface area (Å²) in [5.41, 5.74) is 16.6. The molecule has 0 saturated carbocycles. The molecule has 0 unspecified atom stereocenters. The third-order valence-corrected chi connectivity index (χ3v) is 19.1. The molecule has 0 aliphatic carbocycles. The molecule has 0 spiro atoms. The zero-order valence-electron chi connectivity index (χ0n) is 46.1. The minimum absolute atomic E-state index is 0.208. The molecular weight excluding hydrogens is 986 g/mol. The van der Waals surface area contributed by atoms with Gasteiger partial charge in [-0.1, -0.05) is 161 Å². The van der Waals surface area contributed by atoms with Crippen LogP contribution >= 0.6 is 37.1 Å². The Morgan fingerprint density at radius 3 is 0.521 bits per heavy atom. The normalized spacial score (nSPS) is 19.6. The Hall–Kier alpha value is -4.44. The summed E-state index contributed by atoms with van der Waals surface area (Å²) in [6, 6.07) is 27.4. The Morgan fingerprint density at radius 1 is 0.260 bits per heavy atom. The number of hydrogen-bond acceptors (Lipinski definition) is 6. The summed E-state index contributed by atoms with van der Waals surface area (Å²) < 4.78 is 44.4. The topological polar surface area (TPSA) is 55.4 Å². The van der Waals surface area contributed by atoms with Crippen molar-refractivity contribution in [3.8, 4) is 67.9 Å². The highest BCUT2D eigenvalue weighted by Crippen LogP contribution is 2.74. The van der Waals surface area contributed by atoms with Gasteiger partial charge in [-0.3, -0.25) is 27.1 Å². The van der Waals surface area contributed by atoms with Crippen LogP contribution in [0.1, 0.15) is 191 Å². The molecule has 5 aliphatic heterocycles. The Bertz CT molecular complexity index is 3150. The zero-order chi connectivity index (χ0) is 52.7. The van der Waals surface area contributed by atoms with Gasteiger partial charge in [-0.25, -0.2) is 0 Å². The van der Waals surface area contributed by atoms with Gasteiger partial charge in [0, 0.05) is 86.0 Å². The maximum Gasteiger partial charge on any atom is 0.660 e. The highest BCUT2D eigenvalue weighted by molar-refractivity contribution is 7.89. The van der Waals surface area contributed by atoms with Crippen LogP contribution in [0.25, 0.3) is 33.4 Å². The second-order valence-electron chi connectivity index (χ2n) is 27.5. The van der Waals surface area contributed by atoms with E-state index in [0.717, 1.165) is 89.0 Å². The molecule has 382 valence electrons. The van der Waals surface area contributed by atoms with Gasteiger partial charge in [0.15, 0.2) is 34.5 Å². The smallest absolute Gasteiger partial charge is 0.257 e. The van der Waals surface area contributed by atoms with Gasteiger partial charge in [-0.15, -0.1) is 0 Å². The molecule has 10 heteroatoms. The Kier molecular flexibility index (Phi) is 11.1. The Labute approximate surface area is 445 Å². The predicted octanol–water partition coefficient (Wildman–Crippen LogP) is 19.7. The molecule has 5 aliphatic rings. The summed E-state index contributed by atoms with van der Waals surface area (Å²) in [6.45, 7) is 40.8. The molecule has 11 rings (SSSR count). The summed E-state index contributed by atoms with van der Waals surface area (Å²) in [6.07, 6.45) is 1.41. The summed E-state index contributed by atoms with van der Waals surface area (Å²) in [4.78, 5) is 0. The summed E-state index contributed by atoms with van der Waals surface area (Å²) in [5.74, 6) is 3.79. The average molecular weight is 1060 g/mol. The predicted molar refractivity (Wildman–Crippen MR) is 306 cm³/mol. The fraction of sp³-hybridized carbons (Fsp3) is 0.429. The van der Waals surface area contributed by atoms with Crippen molar-refractivity contribution in [2.45, 2.75) is 176 Å². The van der Waals surface area contributed by atoms with Crippen molar-refractivity contribution in [3.05, 3.63) is 140 Å². The third kappa shape index (κ3) is 8.81. The van der Waals surface area contributed by atoms with E-state index in [2.05, 4.69) is 197 Å². The summed E-state index contributed by atoms with van der Waals surface area (Å²) >= 11 is 16.2. The first-order valence-electron chi connectivity index (χ1n) is 26.0. The van der Waals surface area contributed by atoms with E-state index in [-0.39, 0.29) is 32.5 Å². The molecule has 6 aromatic carbocycles. The highest BCUT2D eigenvalue weighted by Gasteiger charge is 2.59. The van der Waals surface area contributed by atoms with E-state index in [1.807, 2.05) is 0 Å².